The summed E-state index contributed by atoms with van der Waals surface area (Å²) in [6, 6.07) is 19.9. The van der Waals surface area contributed by atoms with Gasteiger partial charge in [-0.2, -0.15) is 0 Å². The van der Waals surface area contributed by atoms with Gasteiger partial charge in [0.25, 0.3) is 0 Å². The van der Waals surface area contributed by atoms with E-state index in [1.807, 2.05) is 37.3 Å². The quantitative estimate of drug-likeness (QED) is 0.192. The molecule has 0 spiro atoms. The van der Waals surface area contributed by atoms with Crippen molar-refractivity contribution in [1.29, 1.82) is 0 Å². The van der Waals surface area contributed by atoms with Crippen LogP contribution < -0.4 is 15.5 Å². The Hall–Kier alpha value is -3.65. The maximum absolute atomic E-state index is 13.3. The second kappa shape index (κ2) is 15.5. The second-order valence-electron chi connectivity index (χ2n) is 13.4. The van der Waals surface area contributed by atoms with Gasteiger partial charge in [0.15, 0.2) is 9.84 Å². The molecule has 0 radical (unpaired) electrons. The molecule has 1 aliphatic carbocycles. The summed E-state index contributed by atoms with van der Waals surface area (Å²) in [6.45, 7) is 9.01. The van der Waals surface area contributed by atoms with Crippen molar-refractivity contribution in [2.24, 2.45) is 0 Å². The van der Waals surface area contributed by atoms with E-state index >= 15 is 0 Å². The zero-order valence-electron chi connectivity index (χ0n) is 27.7. The summed E-state index contributed by atoms with van der Waals surface area (Å²) in [4.78, 5) is 27.5. The Balaban J connectivity index is 1.50. The number of sulfone groups is 1. The molecule has 0 aromatic heterocycles. The van der Waals surface area contributed by atoms with Crippen LogP contribution in [0.3, 0.4) is 0 Å². The molecule has 1 atom stereocenters. The number of anilines is 1. The zero-order chi connectivity index (χ0) is 34.4. The Morgan fingerprint density at radius 1 is 1.04 bits per heavy atom. The minimum absolute atomic E-state index is 0.00837. The van der Waals surface area contributed by atoms with Crippen LogP contribution in [-0.2, 0) is 32.5 Å². The third-order valence-corrected chi connectivity index (χ3v) is 12.1. The molecule has 4 rings (SSSR count). The Bertz CT molecular complexity index is 1660. The van der Waals surface area contributed by atoms with Crippen LogP contribution in [0.15, 0.2) is 71.6 Å². The zero-order valence-corrected chi connectivity index (χ0v) is 29.5. The monoisotopic (exact) mass is 680 g/mol. The standard InChI is InChI=1S/C34H45BN2O8SSi/c1-24(30-21-27(35(40)41)11-15-31(30)45-23-25-9-7-6-8-10-25)19-33(38)36-28-12-16-32(46(42,43)29-13-14-29)26(20-28)22-37(2)34(39)44-17-18-47(3,4)5/h6-12,15-16,20-21,24,29,40-41H,13-14,17-19,22-23H2,1-5H3,(H,36,38). The third-order valence-electron chi connectivity index (χ3n) is 8.00. The van der Waals surface area contributed by atoms with E-state index in [1.165, 1.54) is 11.0 Å². The van der Waals surface area contributed by atoms with E-state index in [1.54, 1.807) is 37.4 Å². The van der Waals surface area contributed by atoms with Crippen LogP contribution >= 0.6 is 0 Å². The topological polar surface area (TPSA) is 142 Å². The lowest BCUT2D eigenvalue weighted by atomic mass is 9.78. The van der Waals surface area contributed by atoms with Gasteiger partial charge >= 0.3 is 13.2 Å². The Labute approximate surface area is 279 Å². The van der Waals surface area contributed by atoms with Crippen LogP contribution in [0.25, 0.3) is 0 Å². The lowest BCUT2D eigenvalue weighted by Gasteiger charge is -2.21. The molecule has 1 saturated carbocycles. The molecule has 47 heavy (non-hydrogen) atoms. The predicted molar refractivity (Wildman–Crippen MR) is 186 cm³/mol. The normalized spacial score (nSPS) is 13.9. The van der Waals surface area contributed by atoms with Crippen LogP contribution in [0.4, 0.5) is 10.5 Å². The number of carbonyl (C=O) groups excluding carboxylic acids is 2. The number of benzene rings is 3. The van der Waals surface area contributed by atoms with Crippen molar-refractivity contribution in [3.8, 4) is 5.75 Å². The van der Waals surface area contributed by atoms with Crippen molar-refractivity contribution in [3.63, 3.8) is 0 Å². The first-order chi connectivity index (χ1) is 22.1. The van der Waals surface area contributed by atoms with Gasteiger partial charge in [0, 0.05) is 27.2 Å². The predicted octanol–water partition coefficient (Wildman–Crippen LogP) is 4.92. The van der Waals surface area contributed by atoms with Gasteiger partial charge in [-0.3, -0.25) is 4.79 Å². The molecule has 10 nitrogen and oxygen atoms in total. The highest BCUT2D eigenvalue weighted by atomic mass is 32.2. The summed E-state index contributed by atoms with van der Waals surface area (Å²) < 4.78 is 38.1. The summed E-state index contributed by atoms with van der Waals surface area (Å²) in [7, 11) is -5.11. The van der Waals surface area contributed by atoms with Gasteiger partial charge < -0.3 is 29.7 Å². The van der Waals surface area contributed by atoms with Gasteiger partial charge in [0.05, 0.1) is 23.3 Å². The van der Waals surface area contributed by atoms with Gasteiger partial charge in [-0.1, -0.05) is 69.0 Å². The number of carbonyl (C=O) groups is 2. The van der Waals surface area contributed by atoms with E-state index in [0.29, 0.717) is 48.6 Å². The summed E-state index contributed by atoms with van der Waals surface area (Å²) in [5.41, 5.74) is 2.67. The van der Waals surface area contributed by atoms with Crippen LogP contribution in [0.2, 0.25) is 25.7 Å². The maximum Gasteiger partial charge on any atom is 0.488 e. The van der Waals surface area contributed by atoms with Crippen LogP contribution in [0.5, 0.6) is 5.75 Å². The van der Waals surface area contributed by atoms with Gasteiger partial charge in [-0.25, -0.2) is 13.2 Å². The molecule has 1 unspecified atom stereocenters. The van der Waals surface area contributed by atoms with Crippen molar-refractivity contribution in [3.05, 3.63) is 83.4 Å². The van der Waals surface area contributed by atoms with E-state index in [9.17, 15) is 28.1 Å². The summed E-state index contributed by atoms with van der Waals surface area (Å²) in [5.74, 6) is -0.176. The fraction of sp³-hybridized carbons (Fsp3) is 0.412. The number of rotatable bonds is 15. The Morgan fingerprint density at radius 3 is 2.38 bits per heavy atom. The van der Waals surface area contributed by atoms with Crippen molar-refractivity contribution < 1.29 is 37.5 Å². The van der Waals surface area contributed by atoms with Crippen LogP contribution in [0, 0.1) is 0 Å². The van der Waals surface area contributed by atoms with E-state index < -0.39 is 36.4 Å². The molecule has 3 aromatic rings. The molecular weight excluding hydrogens is 635 g/mol. The maximum atomic E-state index is 13.3. The van der Waals surface area contributed by atoms with E-state index in [-0.39, 0.29) is 35.1 Å². The number of hydrogen-bond donors (Lipinski definition) is 3. The third kappa shape index (κ3) is 10.4. The molecule has 0 saturated heterocycles. The SMILES string of the molecule is CC(CC(=O)Nc1ccc(S(=O)(=O)C2CC2)c(CN(C)C(=O)OCC[Si](C)(C)C)c1)c1cc(B(O)O)ccc1OCc1ccccc1. The molecule has 3 N–H and O–H groups in total. The summed E-state index contributed by atoms with van der Waals surface area (Å²) in [5, 5.41) is 22.0. The molecular formula is C34H45BN2O8SSi. The molecule has 0 bridgehead atoms. The first-order valence-electron chi connectivity index (χ1n) is 15.9. The molecule has 0 aliphatic heterocycles. The van der Waals surface area contributed by atoms with Crippen molar-refractivity contribution in [1.82, 2.24) is 4.90 Å². The highest BCUT2D eigenvalue weighted by Gasteiger charge is 2.38. The average Bonchev–Trinajstić information content (AvgIpc) is 3.86. The van der Waals surface area contributed by atoms with E-state index in [0.717, 1.165) is 11.6 Å². The minimum Gasteiger partial charge on any atom is -0.489 e. The van der Waals surface area contributed by atoms with Crippen molar-refractivity contribution >= 4 is 48.2 Å². The fourth-order valence-electron chi connectivity index (χ4n) is 5.07. The smallest absolute Gasteiger partial charge is 0.488 e. The molecule has 13 heteroatoms. The number of nitrogens with one attached hydrogen (secondary N) is 1. The number of ether oxygens (including phenoxy) is 2. The van der Waals surface area contributed by atoms with Gasteiger partial charge in [-0.05, 0) is 71.2 Å². The molecule has 1 fully saturated rings. The molecule has 1 aliphatic rings. The number of hydrogen-bond acceptors (Lipinski definition) is 8. The highest BCUT2D eigenvalue weighted by molar-refractivity contribution is 7.92. The largest absolute Gasteiger partial charge is 0.489 e. The molecule has 3 aromatic carbocycles. The average molecular weight is 681 g/mol. The first kappa shape index (κ1) is 36.2. The summed E-state index contributed by atoms with van der Waals surface area (Å²) in [6.07, 6.45) is 0.686. The summed E-state index contributed by atoms with van der Waals surface area (Å²) >= 11 is 0. The second-order valence-corrected chi connectivity index (χ2v) is 21.3. The van der Waals surface area contributed by atoms with Crippen LogP contribution in [0.1, 0.15) is 48.8 Å². The fourth-order valence-corrected chi connectivity index (χ4v) is 7.65. The van der Waals surface area contributed by atoms with Crippen molar-refractivity contribution in [2.75, 3.05) is 19.0 Å². The van der Waals surface area contributed by atoms with E-state index in [4.69, 9.17) is 9.47 Å². The number of amides is 2. The highest BCUT2D eigenvalue weighted by Crippen LogP contribution is 2.36. The molecule has 2 amide bonds. The van der Waals surface area contributed by atoms with Gasteiger partial charge in [0.1, 0.15) is 12.4 Å². The lowest BCUT2D eigenvalue weighted by molar-refractivity contribution is -0.116. The van der Waals surface area contributed by atoms with E-state index in [2.05, 4.69) is 25.0 Å². The lowest BCUT2D eigenvalue weighted by Crippen LogP contribution is -2.30. The first-order valence-corrected chi connectivity index (χ1v) is 21.1. The van der Waals surface area contributed by atoms with Gasteiger partial charge in [0.2, 0.25) is 5.91 Å². The van der Waals surface area contributed by atoms with Crippen molar-refractivity contribution in [2.45, 2.75) is 81.1 Å². The van der Waals surface area contributed by atoms with Gasteiger partial charge in [-0.15, -0.1) is 0 Å². The number of nitrogens with zero attached hydrogens (tertiary/aromatic N) is 1. The Kier molecular flexibility index (Phi) is 11.9. The molecule has 252 valence electrons. The Morgan fingerprint density at radius 2 is 1.74 bits per heavy atom. The molecule has 0 heterocycles. The van der Waals surface area contributed by atoms with Crippen LogP contribution in [-0.4, -0.2) is 69.5 Å². The minimum atomic E-state index is -3.59.